The number of nitrogens with one attached hydrogen (secondary N) is 1. The van der Waals surface area contributed by atoms with Gasteiger partial charge in [0, 0.05) is 37.2 Å². The fourth-order valence-corrected chi connectivity index (χ4v) is 5.11. The zero-order chi connectivity index (χ0) is 24.0. The van der Waals surface area contributed by atoms with Crippen LogP contribution in [-0.4, -0.2) is 41.3 Å². The molecule has 2 aliphatic rings. The molecule has 3 aromatic rings. The van der Waals surface area contributed by atoms with Gasteiger partial charge in [0.15, 0.2) is 5.58 Å². The number of hydrogen-bond acceptors (Lipinski definition) is 4. The fourth-order valence-electron chi connectivity index (χ4n) is 5.11. The van der Waals surface area contributed by atoms with Crippen LogP contribution in [0.15, 0.2) is 64.6 Å². The molecule has 1 aliphatic carbocycles. The minimum absolute atomic E-state index is 0.00761. The molecule has 0 bridgehead atoms. The van der Waals surface area contributed by atoms with Gasteiger partial charge in [0.1, 0.15) is 5.52 Å². The maximum absolute atomic E-state index is 13.1. The van der Waals surface area contributed by atoms with E-state index in [1.807, 2.05) is 47.4 Å². The number of piperidine rings is 1. The normalized spacial score (nSPS) is 16.8. The largest absolute Gasteiger partial charge is 0.436 e. The molecule has 35 heavy (non-hydrogen) atoms. The van der Waals surface area contributed by atoms with Crippen molar-refractivity contribution in [2.75, 3.05) is 19.6 Å². The molecule has 1 aliphatic heterocycles. The van der Waals surface area contributed by atoms with Crippen LogP contribution in [0.4, 0.5) is 0 Å². The minimum Gasteiger partial charge on any atom is -0.436 e. The Labute approximate surface area is 206 Å². The van der Waals surface area contributed by atoms with E-state index in [1.165, 1.54) is 31.3 Å². The second-order valence-corrected chi connectivity index (χ2v) is 9.72. The number of oxazole rings is 1. The molecule has 0 radical (unpaired) electrons. The summed E-state index contributed by atoms with van der Waals surface area (Å²) in [4.78, 5) is 31.9. The SMILES string of the molecule is O=C(CC1CCN(C(=O)c2ccc3nc(-c4ccccc4)oc3c2)CC1)NCCC1=CCCCC1. The molecule has 1 saturated heterocycles. The van der Waals surface area contributed by atoms with Crippen molar-refractivity contribution < 1.29 is 14.0 Å². The number of hydrogen-bond donors (Lipinski definition) is 1. The first-order valence-electron chi connectivity index (χ1n) is 12.9. The van der Waals surface area contributed by atoms with Gasteiger partial charge < -0.3 is 14.6 Å². The molecule has 0 saturated carbocycles. The molecule has 1 aromatic heterocycles. The fraction of sp³-hybridized carbons (Fsp3) is 0.414. The van der Waals surface area contributed by atoms with E-state index in [0.29, 0.717) is 42.5 Å². The van der Waals surface area contributed by atoms with Crippen LogP contribution in [0, 0.1) is 5.92 Å². The number of rotatable bonds is 7. The van der Waals surface area contributed by atoms with Crippen LogP contribution in [-0.2, 0) is 4.79 Å². The Morgan fingerprint density at radius 3 is 2.66 bits per heavy atom. The van der Waals surface area contributed by atoms with E-state index >= 15 is 0 Å². The standard InChI is InChI=1S/C29H33N3O3/c33-27(30-16-13-21-7-3-1-4-8-21)19-22-14-17-32(18-15-22)29(34)24-11-12-25-26(20-24)35-28(31-25)23-9-5-2-6-10-23/h2,5-7,9-12,20,22H,1,3-4,8,13-19H2,(H,30,33). The Morgan fingerprint density at radius 2 is 1.89 bits per heavy atom. The highest BCUT2D eigenvalue weighted by molar-refractivity contribution is 5.97. The molecule has 182 valence electrons. The van der Waals surface area contributed by atoms with Crippen LogP contribution in [0.2, 0.25) is 0 Å². The van der Waals surface area contributed by atoms with Gasteiger partial charge in [-0.25, -0.2) is 4.98 Å². The van der Waals surface area contributed by atoms with Crippen LogP contribution in [0.3, 0.4) is 0 Å². The van der Waals surface area contributed by atoms with E-state index in [0.717, 1.165) is 36.9 Å². The number of benzene rings is 2. The Bertz CT molecular complexity index is 1210. The summed E-state index contributed by atoms with van der Waals surface area (Å²) >= 11 is 0. The predicted molar refractivity (Wildman–Crippen MR) is 137 cm³/mol. The molecule has 1 fully saturated rings. The lowest BCUT2D eigenvalue weighted by molar-refractivity contribution is -0.122. The van der Waals surface area contributed by atoms with E-state index in [-0.39, 0.29) is 11.8 Å². The zero-order valence-corrected chi connectivity index (χ0v) is 20.2. The molecule has 5 rings (SSSR count). The summed E-state index contributed by atoms with van der Waals surface area (Å²) in [7, 11) is 0. The number of likely N-dealkylation sites (tertiary alicyclic amines) is 1. The minimum atomic E-state index is 0.00761. The molecule has 6 heteroatoms. The molecular weight excluding hydrogens is 438 g/mol. The number of carbonyl (C=O) groups excluding carboxylic acids is 2. The third kappa shape index (κ3) is 5.81. The van der Waals surface area contributed by atoms with Crippen LogP contribution >= 0.6 is 0 Å². The van der Waals surface area contributed by atoms with E-state index in [2.05, 4.69) is 16.4 Å². The maximum Gasteiger partial charge on any atom is 0.253 e. The summed E-state index contributed by atoms with van der Waals surface area (Å²) in [6, 6.07) is 15.2. The average Bonchev–Trinajstić information content (AvgIpc) is 3.33. The van der Waals surface area contributed by atoms with Gasteiger partial charge in [-0.3, -0.25) is 9.59 Å². The Kier molecular flexibility index (Phi) is 7.26. The van der Waals surface area contributed by atoms with Crippen molar-refractivity contribution in [3.8, 4) is 11.5 Å². The Morgan fingerprint density at radius 1 is 1.06 bits per heavy atom. The molecule has 1 N–H and O–H groups in total. The number of allylic oxidation sites excluding steroid dienone is 1. The van der Waals surface area contributed by atoms with Crippen molar-refractivity contribution in [3.05, 3.63) is 65.7 Å². The van der Waals surface area contributed by atoms with Crippen LogP contribution in [0.1, 0.15) is 61.7 Å². The second kappa shape index (κ2) is 10.9. The summed E-state index contributed by atoms with van der Waals surface area (Å²) in [5, 5.41) is 3.09. The van der Waals surface area contributed by atoms with Crippen molar-refractivity contribution in [2.45, 2.75) is 51.4 Å². The van der Waals surface area contributed by atoms with E-state index < -0.39 is 0 Å². The molecule has 0 unspecified atom stereocenters. The number of carbonyl (C=O) groups is 2. The number of fused-ring (bicyclic) bond motifs is 1. The summed E-state index contributed by atoms with van der Waals surface area (Å²) in [5.74, 6) is 1.03. The van der Waals surface area contributed by atoms with Gasteiger partial charge in [-0.05, 0) is 81.2 Å². The predicted octanol–water partition coefficient (Wildman–Crippen LogP) is 5.74. The maximum atomic E-state index is 13.1. The average molecular weight is 472 g/mol. The van der Waals surface area contributed by atoms with Crippen molar-refractivity contribution >= 4 is 22.9 Å². The van der Waals surface area contributed by atoms with E-state index in [9.17, 15) is 9.59 Å². The monoisotopic (exact) mass is 471 g/mol. The molecule has 2 amide bonds. The molecule has 2 heterocycles. The van der Waals surface area contributed by atoms with Gasteiger partial charge in [0.25, 0.3) is 5.91 Å². The van der Waals surface area contributed by atoms with Crippen molar-refractivity contribution in [3.63, 3.8) is 0 Å². The molecule has 2 aromatic carbocycles. The third-order valence-corrected chi connectivity index (χ3v) is 7.19. The van der Waals surface area contributed by atoms with Gasteiger partial charge in [-0.1, -0.05) is 29.8 Å². The van der Waals surface area contributed by atoms with Gasteiger partial charge in [-0.15, -0.1) is 0 Å². The van der Waals surface area contributed by atoms with Gasteiger partial charge in [-0.2, -0.15) is 0 Å². The number of amides is 2. The first kappa shape index (κ1) is 23.3. The Balaban J connectivity index is 1.11. The van der Waals surface area contributed by atoms with Gasteiger partial charge in [0.05, 0.1) is 0 Å². The lowest BCUT2D eigenvalue weighted by atomic mass is 9.92. The smallest absolute Gasteiger partial charge is 0.253 e. The molecule has 0 spiro atoms. The van der Waals surface area contributed by atoms with E-state index in [4.69, 9.17) is 4.42 Å². The number of aromatic nitrogens is 1. The summed E-state index contributed by atoms with van der Waals surface area (Å²) in [6.07, 6.45) is 10.5. The van der Waals surface area contributed by atoms with Gasteiger partial charge in [0.2, 0.25) is 11.8 Å². The first-order chi connectivity index (χ1) is 17.2. The summed E-state index contributed by atoms with van der Waals surface area (Å²) in [6.45, 7) is 2.08. The second-order valence-electron chi connectivity index (χ2n) is 9.72. The zero-order valence-electron chi connectivity index (χ0n) is 20.2. The summed E-state index contributed by atoms with van der Waals surface area (Å²) in [5.41, 5.74) is 4.37. The lowest BCUT2D eigenvalue weighted by Crippen LogP contribution is -2.39. The van der Waals surface area contributed by atoms with Crippen molar-refractivity contribution in [1.29, 1.82) is 0 Å². The van der Waals surface area contributed by atoms with Crippen molar-refractivity contribution in [2.24, 2.45) is 5.92 Å². The highest BCUT2D eigenvalue weighted by atomic mass is 16.3. The van der Waals surface area contributed by atoms with Crippen molar-refractivity contribution in [1.82, 2.24) is 15.2 Å². The Hall–Kier alpha value is -3.41. The first-order valence-corrected chi connectivity index (χ1v) is 12.9. The molecule has 6 nitrogen and oxygen atoms in total. The third-order valence-electron chi connectivity index (χ3n) is 7.19. The quantitative estimate of drug-likeness (QED) is 0.446. The lowest BCUT2D eigenvalue weighted by Gasteiger charge is -2.31. The van der Waals surface area contributed by atoms with Crippen LogP contribution in [0.5, 0.6) is 0 Å². The van der Waals surface area contributed by atoms with Crippen LogP contribution in [0.25, 0.3) is 22.6 Å². The van der Waals surface area contributed by atoms with E-state index in [1.54, 1.807) is 6.07 Å². The molecular formula is C29H33N3O3. The number of nitrogens with zero attached hydrogens (tertiary/aromatic N) is 2. The summed E-state index contributed by atoms with van der Waals surface area (Å²) < 4.78 is 5.93. The topological polar surface area (TPSA) is 75.4 Å². The highest BCUT2D eigenvalue weighted by Crippen LogP contribution is 2.27. The van der Waals surface area contributed by atoms with Gasteiger partial charge >= 0.3 is 0 Å². The van der Waals surface area contributed by atoms with Crippen LogP contribution < -0.4 is 5.32 Å². The molecule has 0 atom stereocenters. The highest BCUT2D eigenvalue weighted by Gasteiger charge is 2.25.